The Morgan fingerprint density at radius 1 is 1.17 bits per heavy atom. The fraction of sp³-hybridized carbons (Fsp3) is 0.350. The number of sulfonamides is 1. The summed E-state index contributed by atoms with van der Waals surface area (Å²) in [6, 6.07) is 6.92. The van der Waals surface area contributed by atoms with Crippen molar-refractivity contribution in [1.29, 1.82) is 0 Å². The molecule has 1 aliphatic carbocycles. The zero-order valence-electron chi connectivity index (χ0n) is 16.6. The van der Waals surface area contributed by atoms with Crippen molar-refractivity contribution in [2.75, 3.05) is 0 Å². The quantitative estimate of drug-likeness (QED) is 0.642. The number of nitrogens with zero attached hydrogens (tertiary/aromatic N) is 4. The molecular formula is C20H24ClN5O3S. The van der Waals surface area contributed by atoms with Crippen molar-refractivity contribution in [2.24, 2.45) is 5.14 Å². The minimum Gasteiger partial charge on any atom is -0.278 e. The second-order valence-corrected chi connectivity index (χ2v) is 8.96. The molecule has 30 heavy (non-hydrogen) atoms. The Bertz CT molecular complexity index is 1180. The molecule has 10 heteroatoms. The van der Waals surface area contributed by atoms with Gasteiger partial charge in [0.1, 0.15) is 4.90 Å². The maximum absolute atomic E-state index is 13.4. The molecule has 0 aromatic carbocycles. The van der Waals surface area contributed by atoms with Gasteiger partial charge >= 0.3 is 0 Å². The van der Waals surface area contributed by atoms with Crippen molar-refractivity contribution in [2.45, 2.75) is 50.0 Å². The third-order valence-electron chi connectivity index (χ3n) is 5.49. The molecule has 3 aromatic rings. The van der Waals surface area contributed by atoms with Crippen molar-refractivity contribution in [3.05, 3.63) is 70.0 Å². The minimum absolute atomic E-state index is 0. The van der Waals surface area contributed by atoms with Crippen LogP contribution < -0.4 is 10.7 Å². The van der Waals surface area contributed by atoms with Crippen molar-refractivity contribution < 1.29 is 8.42 Å². The summed E-state index contributed by atoms with van der Waals surface area (Å²) in [7, 11) is -3.84. The smallest absolute Gasteiger partial charge is 0.276 e. The van der Waals surface area contributed by atoms with Crippen LogP contribution in [0, 0.1) is 6.92 Å². The average Bonchev–Trinajstić information content (AvgIpc) is 3.31. The predicted octanol–water partition coefficient (Wildman–Crippen LogP) is 2.51. The Hall–Kier alpha value is -2.49. The van der Waals surface area contributed by atoms with Gasteiger partial charge in [-0.05, 0) is 43.5 Å². The van der Waals surface area contributed by atoms with Gasteiger partial charge < -0.3 is 0 Å². The first kappa shape index (κ1) is 22.2. The van der Waals surface area contributed by atoms with E-state index < -0.39 is 10.0 Å². The van der Waals surface area contributed by atoms with E-state index in [0.717, 1.165) is 36.9 Å². The number of pyridine rings is 2. The van der Waals surface area contributed by atoms with E-state index in [4.69, 9.17) is 5.14 Å². The highest BCUT2D eigenvalue weighted by molar-refractivity contribution is 7.89. The number of rotatable bonds is 5. The number of primary sulfonamides is 1. The topological polar surface area (TPSA) is 113 Å². The molecule has 1 fully saturated rings. The van der Waals surface area contributed by atoms with Crippen LogP contribution >= 0.6 is 12.4 Å². The molecule has 0 amide bonds. The highest BCUT2D eigenvalue weighted by Crippen LogP contribution is 2.32. The van der Waals surface area contributed by atoms with E-state index in [2.05, 4.69) is 9.97 Å². The van der Waals surface area contributed by atoms with Crippen LogP contribution in [0.5, 0.6) is 0 Å². The molecule has 0 bridgehead atoms. The van der Waals surface area contributed by atoms with Crippen LogP contribution in [-0.4, -0.2) is 27.7 Å². The Balaban J connectivity index is 0.00000256. The maximum atomic E-state index is 13.4. The first-order valence-electron chi connectivity index (χ1n) is 9.57. The van der Waals surface area contributed by atoms with E-state index in [0.29, 0.717) is 17.8 Å². The van der Waals surface area contributed by atoms with Gasteiger partial charge in [-0.2, -0.15) is 4.68 Å². The summed E-state index contributed by atoms with van der Waals surface area (Å²) in [6.07, 6.45) is 9.36. The van der Waals surface area contributed by atoms with E-state index in [1.165, 1.54) is 18.3 Å². The summed E-state index contributed by atoms with van der Waals surface area (Å²) in [5.74, 6) is 0.384. The summed E-state index contributed by atoms with van der Waals surface area (Å²) in [4.78, 5) is 21.7. The zero-order valence-corrected chi connectivity index (χ0v) is 18.2. The first-order chi connectivity index (χ1) is 13.9. The molecule has 8 nitrogen and oxygen atoms in total. The molecule has 2 N–H and O–H groups in total. The fourth-order valence-electron chi connectivity index (χ4n) is 4.05. The van der Waals surface area contributed by atoms with E-state index in [1.54, 1.807) is 17.1 Å². The van der Waals surface area contributed by atoms with E-state index >= 15 is 0 Å². The van der Waals surface area contributed by atoms with Gasteiger partial charge in [0.05, 0.1) is 6.04 Å². The molecular weight excluding hydrogens is 426 g/mol. The molecule has 0 radical (unpaired) electrons. The van der Waals surface area contributed by atoms with Gasteiger partial charge in [-0.1, -0.05) is 18.9 Å². The van der Waals surface area contributed by atoms with E-state index in [9.17, 15) is 13.2 Å². The third kappa shape index (κ3) is 4.19. The molecule has 3 aromatic heterocycles. The molecule has 3 heterocycles. The number of aromatic nitrogens is 4. The Labute approximate surface area is 181 Å². The van der Waals surface area contributed by atoms with E-state index in [-0.39, 0.29) is 28.9 Å². The SMILES string of the molecule is Cc1c(Cc2cccnc2)c(=O)n(-c2ccc(S(N)(=O)=O)cn2)n1C1CCCC1.Cl. The van der Waals surface area contributed by atoms with E-state index in [1.807, 2.05) is 23.7 Å². The van der Waals surface area contributed by atoms with Crippen molar-refractivity contribution >= 4 is 22.4 Å². The molecule has 4 rings (SSSR count). The minimum atomic E-state index is -3.84. The molecule has 0 saturated heterocycles. The second-order valence-electron chi connectivity index (χ2n) is 7.40. The lowest BCUT2D eigenvalue weighted by Crippen LogP contribution is -2.26. The van der Waals surface area contributed by atoms with Crippen molar-refractivity contribution in [3.8, 4) is 5.82 Å². The molecule has 0 spiro atoms. The summed E-state index contributed by atoms with van der Waals surface area (Å²) < 4.78 is 26.7. The Morgan fingerprint density at radius 2 is 1.90 bits per heavy atom. The highest BCUT2D eigenvalue weighted by Gasteiger charge is 2.26. The Kier molecular flexibility index (Phi) is 6.44. The van der Waals surface area contributed by atoms with Gasteiger partial charge in [-0.15, -0.1) is 12.4 Å². The third-order valence-corrected chi connectivity index (χ3v) is 6.39. The van der Waals surface area contributed by atoms with Gasteiger partial charge in [0.2, 0.25) is 10.0 Å². The van der Waals surface area contributed by atoms with Crippen LogP contribution in [0.15, 0.2) is 52.5 Å². The van der Waals surface area contributed by atoms with Crippen molar-refractivity contribution in [1.82, 2.24) is 19.3 Å². The van der Waals surface area contributed by atoms with Gasteiger partial charge in [-0.25, -0.2) is 18.5 Å². The zero-order chi connectivity index (χ0) is 20.6. The van der Waals surface area contributed by atoms with Crippen LogP contribution in [0.2, 0.25) is 0 Å². The van der Waals surface area contributed by atoms with Gasteiger partial charge in [0.25, 0.3) is 5.56 Å². The predicted molar refractivity (Wildman–Crippen MR) is 116 cm³/mol. The summed E-state index contributed by atoms with van der Waals surface area (Å²) in [5.41, 5.74) is 2.42. The lowest BCUT2D eigenvalue weighted by molar-refractivity contribution is 0.413. The standard InChI is InChI=1S/C20H23N5O3S.ClH/c1-14-18(11-15-5-4-10-22-12-15)20(26)25(24(14)16-6-2-3-7-16)19-9-8-17(13-23-19)29(21,27)28;/h4-5,8-10,12-13,16H,2-3,6-7,11H2,1H3,(H2,21,27,28);1H. The van der Waals surface area contributed by atoms with Crippen molar-refractivity contribution in [3.63, 3.8) is 0 Å². The van der Waals surface area contributed by atoms with Gasteiger partial charge in [-0.3, -0.25) is 14.5 Å². The number of halogens is 1. The summed E-state index contributed by atoms with van der Waals surface area (Å²) in [6.45, 7) is 1.96. The number of nitrogens with two attached hydrogens (primary N) is 1. The second kappa shape index (κ2) is 8.71. The average molecular weight is 450 g/mol. The monoisotopic (exact) mass is 449 g/mol. The van der Waals surface area contributed by atoms with Crippen LogP contribution in [0.25, 0.3) is 5.82 Å². The molecule has 1 saturated carbocycles. The molecule has 1 aliphatic rings. The summed E-state index contributed by atoms with van der Waals surface area (Å²) in [5, 5.41) is 5.17. The van der Waals surface area contributed by atoms with Crippen LogP contribution in [0.1, 0.15) is 48.5 Å². The lowest BCUT2D eigenvalue weighted by atomic mass is 10.1. The summed E-state index contributed by atoms with van der Waals surface area (Å²) >= 11 is 0. The Morgan fingerprint density at radius 3 is 2.47 bits per heavy atom. The van der Waals surface area contributed by atoms with Crippen LogP contribution in [-0.2, 0) is 16.4 Å². The molecule has 0 atom stereocenters. The number of hydrogen-bond donors (Lipinski definition) is 1. The van der Waals surface area contributed by atoms with Gasteiger partial charge in [0.15, 0.2) is 5.82 Å². The normalized spacial score (nSPS) is 14.6. The molecule has 0 unspecified atom stereocenters. The maximum Gasteiger partial charge on any atom is 0.276 e. The fourth-order valence-corrected chi connectivity index (χ4v) is 4.50. The van der Waals surface area contributed by atoms with Crippen LogP contribution in [0.3, 0.4) is 0 Å². The first-order valence-corrected chi connectivity index (χ1v) is 11.1. The molecule has 160 valence electrons. The highest BCUT2D eigenvalue weighted by atomic mass is 35.5. The number of hydrogen-bond acceptors (Lipinski definition) is 5. The van der Waals surface area contributed by atoms with Crippen LogP contribution in [0.4, 0.5) is 0 Å². The molecule has 0 aliphatic heterocycles. The van der Waals surface area contributed by atoms with Gasteiger partial charge in [0, 0.05) is 36.3 Å². The lowest BCUT2D eigenvalue weighted by Gasteiger charge is -2.19. The largest absolute Gasteiger partial charge is 0.278 e.